The molecule has 0 atom stereocenters. The van der Waals surface area contributed by atoms with Gasteiger partial charge in [0.2, 0.25) is 5.91 Å². The standard InChI is InChI=1S/C12H16N2O4S/c1-2-18-10-5-7-11(8-6-10)19(16,17)14-13-12(15)9-3-4-9/h5-9,14H,2-4H2,1H3,(H,13,15). The lowest BCUT2D eigenvalue weighted by atomic mass is 10.3. The number of amides is 1. The molecule has 0 unspecified atom stereocenters. The largest absolute Gasteiger partial charge is 0.494 e. The van der Waals surface area contributed by atoms with Gasteiger partial charge < -0.3 is 4.74 Å². The monoisotopic (exact) mass is 284 g/mol. The Labute approximate surface area is 112 Å². The minimum atomic E-state index is -3.73. The quantitative estimate of drug-likeness (QED) is 0.757. The van der Waals surface area contributed by atoms with Gasteiger partial charge in [0.25, 0.3) is 10.0 Å². The normalized spacial score (nSPS) is 15.0. The van der Waals surface area contributed by atoms with Crippen molar-refractivity contribution >= 4 is 15.9 Å². The molecule has 1 aliphatic rings. The number of nitrogens with one attached hydrogen (secondary N) is 2. The average molecular weight is 284 g/mol. The first-order valence-electron chi connectivity index (χ1n) is 6.07. The molecule has 104 valence electrons. The van der Waals surface area contributed by atoms with E-state index in [1.807, 2.05) is 6.92 Å². The second-order valence-corrected chi connectivity index (χ2v) is 5.96. The summed E-state index contributed by atoms with van der Waals surface area (Å²) in [5, 5.41) is 0. The molecule has 0 bridgehead atoms. The first kappa shape index (κ1) is 13.8. The molecule has 0 heterocycles. The van der Waals surface area contributed by atoms with Gasteiger partial charge in [-0.15, -0.1) is 4.83 Å². The van der Waals surface area contributed by atoms with E-state index in [-0.39, 0.29) is 16.7 Å². The minimum absolute atomic E-state index is 0.0527. The Morgan fingerprint density at radius 2 is 1.95 bits per heavy atom. The first-order chi connectivity index (χ1) is 9.03. The van der Waals surface area contributed by atoms with Crippen LogP contribution in [0, 0.1) is 5.92 Å². The van der Waals surface area contributed by atoms with Crippen molar-refractivity contribution in [3.05, 3.63) is 24.3 Å². The minimum Gasteiger partial charge on any atom is -0.494 e. The van der Waals surface area contributed by atoms with Gasteiger partial charge in [-0.3, -0.25) is 10.2 Å². The lowest BCUT2D eigenvalue weighted by molar-refractivity contribution is -0.122. The highest BCUT2D eigenvalue weighted by Crippen LogP contribution is 2.28. The van der Waals surface area contributed by atoms with E-state index >= 15 is 0 Å². The third-order valence-corrected chi connectivity index (χ3v) is 3.97. The second kappa shape index (κ2) is 5.58. The topological polar surface area (TPSA) is 84.5 Å². The Morgan fingerprint density at radius 1 is 1.32 bits per heavy atom. The number of carbonyl (C=O) groups excluding carboxylic acids is 1. The SMILES string of the molecule is CCOc1ccc(S(=O)(=O)NNC(=O)C2CC2)cc1. The number of hydrogen-bond acceptors (Lipinski definition) is 4. The maximum atomic E-state index is 11.9. The van der Waals surface area contributed by atoms with Gasteiger partial charge in [0, 0.05) is 5.92 Å². The van der Waals surface area contributed by atoms with E-state index in [4.69, 9.17) is 4.74 Å². The van der Waals surface area contributed by atoms with Crippen LogP contribution >= 0.6 is 0 Å². The molecule has 1 aromatic rings. The Balaban J connectivity index is 1.99. The van der Waals surface area contributed by atoms with Gasteiger partial charge in [0.1, 0.15) is 5.75 Å². The van der Waals surface area contributed by atoms with Gasteiger partial charge in [-0.2, -0.15) is 0 Å². The summed E-state index contributed by atoms with van der Waals surface area (Å²) in [7, 11) is -3.73. The lowest BCUT2D eigenvalue weighted by Gasteiger charge is -2.08. The number of rotatable bonds is 6. The maximum absolute atomic E-state index is 11.9. The molecule has 1 saturated carbocycles. The molecule has 7 heteroatoms. The van der Waals surface area contributed by atoms with Crippen LogP contribution in [0.3, 0.4) is 0 Å². The molecule has 2 N–H and O–H groups in total. The first-order valence-corrected chi connectivity index (χ1v) is 7.56. The predicted octanol–water partition coefficient (Wildman–Crippen LogP) is 0.805. The number of benzene rings is 1. The Kier molecular flexibility index (Phi) is 4.06. The van der Waals surface area contributed by atoms with Gasteiger partial charge in [-0.1, -0.05) is 0 Å². The van der Waals surface area contributed by atoms with Crippen LogP contribution in [0.5, 0.6) is 5.75 Å². The molecule has 1 aliphatic carbocycles. The summed E-state index contributed by atoms with van der Waals surface area (Å²) < 4.78 is 29.0. The van der Waals surface area contributed by atoms with Crippen LogP contribution < -0.4 is 15.0 Å². The predicted molar refractivity (Wildman–Crippen MR) is 68.8 cm³/mol. The zero-order chi connectivity index (χ0) is 13.9. The summed E-state index contributed by atoms with van der Waals surface area (Å²) in [6.45, 7) is 2.36. The van der Waals surface area contributed by atoms with E-state index in [2.05, 4.69) is 10.3 Å². The molecule has 0 aromatic heterocycles. The second-order valence-electron chi connectivity index (χ2n) is 4.27. The van der Waals surface area contributed by atoms with Crippen molar-refractivity contribution in [2.45, 2.75) is 24.7 Å². The highest BCUT2D eigenvalue weighted by molar-refractivity contribution is 7.89. The third-order valence-electron chi connectivity index (χ3n) is 2.70. The number of carbonyl (C=O) groups is 1. The molecule has 0 saturated heterocycles. The van der Waals surface area contributed by atoms with E-state index < -0.39 is 10.0 Å². The number of sulfonamides is 1. The molecular formula is C12H16N2O4S. The highest BCUT2D eigenvalue weighted by atomic mass is 32.2. The summed E-state index contributed by atoms with van der Waals surface area (Å²) in [6, 6.07) is 5.99. The fourth-order valence-electron chi connectivity index (χ4n) is 1.51. The van der Waals surface area contributed by atoms with E-state index in [9.17, 15) is 13.2 Å². The summed E-state index contributed by atoms with van der Waals surface area (Å²) in [5.74, 6) is 0.265. The molecular weight excluding hydrogens is 268 g/mol. The summed E-state index contributed by atoms with van der Waals surface area (Å²) >= 11 is 0. The Bertz CT molecular complexity index is 550. The molecule has 1 fully saturated rings. The van der Waals surface area contributed by atoms with Crippen molar-refractivity contribution in [1.82, 2.24) is 10.3 Å². The van der Waals surface area contributed by atoms with Gasteiger partial charge in [-0.05, 0) is 44.0 Å². The van der Waals surface area contributed by atoms with Crippen LogP contribution in [0.25, 0.3) is 0 Å². The highest BCUT2D eigenvalue weighted by Gasteiger charge is 2.30. The zero-order valence-corrected chi connectivity index (χ0v) is 11.4. The smallest absolute Gasteiger partial charge is 0.257 e. The Morgan fingerprint density at radius 3 is 2.47 bits per heavy atom. The van der Waals surface area contributed by atoms with Crippen LogP contribution in [0.2, 0.25) is 0 Å². The molecule has 1 amide bonds. The van der Waals surface area contributed by atoms with Crippen molar-refractivity contribution in [1.29, 1.82) is 0 Å². The molecule has 6 nitrogen and oxygen atoms in total. The van der Waals surface area contributed by atoms with E-state index in [1.165, 1.54) is 12.1 Å². The Hall–Kier alpha value is -1.60. The van der Waals surface area contributed by atoms with Gasteiger partial charge in [-0.25, -0.2) is 8.42 Å². The summed E-state index contributed by atoms with van der Waals surface area (Å²) in [6.07, 6.45) is 1.63. The number of hydrogen-bond donors (Lipinski definition) is 2. The molecule has 0 radical (unpaired) electrons. The lowest BCUT2D eigenvalue weighted by Crippen LogP contribution is -2.42. The van der Waals surface area contributed by atoms with Crippen molar-refractivity contribution < 1.29 is 17.9 Å². The van der Waals surface area contributed by atoms with Crippen LogP contribution in [-0.4, -0.2) is 20.9 Å². The average Bonchev–Trinajstić information content (AvgIpc) is 3.21. The number of ether oxygens (including phenoxy) is 1. The van der Waals surface area contributed by atoms with Crippen molar-refractivity contribution in [3.8, 4) is 5.75 Å². The van der Waals surface area contributed by atoms with Gasteiger partial charge >= 0.3 is 0 Å². The van der Waals surface area contributed by atoms with Crippen LogP contribution in [0.1, 0.15) is 19.8 Å². The van der Waals surface area contributed by atoms with Gasteiger partial charge in [0.05, 0.1) is 11.5 Å². The molecule has 1 aromatic carbocycles. The molecule has 0 aliphatic heterocycles. The number of hydrazine groups is 1. The molecule has 19 heavy (non-hydrogen) atoms. The fourth-order valence-corrected chi connectivity index (χ4v) is 2.35. The van der Waals surface area contributed by atoms with E-state index in [1.54, 1.807) is 12.1 Å². The third kappa shape index (κ3) is 3.68. The molecule has 0 spiro atoms. The van der Waals surface area contributed by atoms with Crippen LogP contribution in [0.15, 0.2) is 29.2 Å². The van der Waals surface area contributed by atoms with Crippen molar-refractivity contribution in [2.75, 3.05) is 6.61 Å². The van der Waals surface area contributed by atoms with Crippen molar-refractivity contribution in [2.24, 2.45) is 5.92 Å². The van der Waals surface area contributed by atoms with Crippen LogP contribution in [-0.2, 0) is 14.8 Å². The molecule has 2 rings (SSSR count). The summed E-state index contributed by atoms with van der Waals surface area (Å²) in [5.41, 5.74) is 2.21. The summed E-state index contributed by atoms with van der Waals surface area (Å²) in [4.78, 5) is 13.5. The van der Waals surface area contributed by atoms with Crippen molar-refractivity contribution in [3.63, 3.8) is 0 Å². The fraction of sp³-hybridized carbons (Fsp3) is 0.417. The van der Waals surface area contributed by atoms with E-state index in [0.717, 1.165) is 12.8 Å². The van der Waals surface area contributed by atoms with Gasteiger partial charge in [0.15, 0.2) is 0 Å². The van der Waals surface area contributed by atoms with Crippen LogP contribution in [0.4, 0.5) is 0 Å². The maximum Gasteiger partial charge on any atom is 0.257 e. The van der Waals surface area contributed by atoms with E-state index in [0.29, 0.717) is 12.4 Å². The zero-order valence-electron chi connectivity index (χ0n) is 10.5.